The molecule has 2 aromatic carbocycles. The van der Waals surface area contributed by atoms with E-state index in [0.717, 1.165) is 29.7 Å². The van der Waals surface area contributed by atoms with E-state index in [9.17, 15) is 9.59 Å². The topological polar surface area (TPSA) is 67.9 Å². The maximum atomic E-state index is 13.2. The van der Waals surface area contributed by atoms with Crippen molar-refractivity contribution >= 4 is 23.4 Å². The molecule has 1 unspecified atom stereocenters. The fourth-order valence-corrected chi connectivity index (χ4v) is 3.41. The molecule has 6 nitrogen and oxygen atoms in total. The number of carbonyl (C=O) groups is 2. The number of unbranched alkanes of at least 4 members (excludes halogenated alkanes) is 1. The SMILES string of the molecule is CCCCNC(=O)C(CC)N(Cc1ccc(OC)cc1)C(=O)COc1ccc(Cl)c(C)c1. The van der Waals surface area contributed by atoms with Gasteiger partial charge in [0.2, 0.25) is 5.91 Å². The zero-order chi connectivity index (χ0) is 23.5. The summed E-state index contributed by atoms with van der Waals surface area (Å²) in [6.07, 6.45) is 2.38. The van der Waals surface area contributed by atoms with Crippen molar-refractivity contribution in [2.75, 3.05) is 20.3 Å². The normalized spacial score (nSPS) is 11.5. The monoisotopic (exact) mass is 460 g/mol. The number of nitrogens with zero attached hydrogens (tertiary/aromatic N) is 1. The fourth-order valence-electron chi connectivity index (χ4n) is 3.29. The van der Waals surface area contributed by atoms with Crippen LogP contribution in [0.4, 0.5) is 0 Å². The Labute approximate surface area is 195 Å². The highest BCUT2D eigenvalue weighted by Gasteiger charge is 2.28. The van der Waals surface area contributed by atoms with Crippen molar-refractivity contribution in [2.24, 2.45) is 0 Å². The molecule has 7 heteroatoms. The zero-order valence-electron chi connectivity index (χ0n) is 19.3. The first-order valence-corrected chi connectivity index (χ1v) is 11.4. The molecule has 0 aliphatic carbocycles. The highest BCUT2D eigenvalue weighted by molar-refractivity contribution is 6.31. The van der Waals surface area contributed by atoms with Crippen LogP contribution in [0.2, 0.25) is 5.02 Å². The molecule has 1 N–H and O–H groups in total. The summed E-state index contributed by atoms with van der Waals surface area (Å²) in [7, 11) is 1.61. The second-order valence-electron chi connectivity index (χ2n) is 7.64. The molecule has 0 bridgehead atoms. The molecule has 0 radical (unpaired) electrons. The number of hydrogen-bond donors (Lipinski definition) is 1. The standard InChI is InChI=1S/C25H33ClN2O4/c1-5-7-14-27-25(30)23(6-2)28(16-19-8-10-20(31-4)11-9-19)24(29)17-32-21-12-13-22(26)18(3)15-21/h8-13,15,23H,5-7,14,16-17H2,1-4H3,(H,27,30). The van der Waals surface area contributed by atoms with Crippen LogP contribution in [0.1, 0.15) is 44.2 Å². The van der Waals surface area contributed by atoms with E-state index in [1.54, 1.807) is 30.2 Å². The van der Waals surface area contributed by atoms with Gasteiger partial charge in [0, 0.05) is 18.1 Å². The summed E-state index contributed by atoms with van der Waals surface area (Å²) >= 11 is 6.07. The Balaban J connectivity index is 2.18. The highest BCUT2D eigenvalue weighted by Crippen LogP contribution is 2.22. The third kappa shape index (κ3) is 7.45. The van der Waals surface area contributed by atoms with Crippen LogP contribution in [0.3, 0.4) is 0 Å². The van der Waals surface area contributed by atoms with Crippen LogP contribution in [-0.2, 0) is 16.1 Å². The number of aryl methyl sites for hydroxylation is 1. The van der Waals surface area contributed by atoms with E-state index in [1.165, 1.54) is 0 Å². The van der Waals surface area contributed by atoms with E-state index in [2.05, 4.69) is 12.2 Å². The fraction of sp³-hybridized carbons (Fsp3) is 0.440. The zero-order valence-corrected chi connectivity index (χ0v) is 20.1. The first-order valence-electron chi connectivity index (χ1n) is 11.0. The molecule has 0 aromatic heterocycles. The van der Waals surface area contributed by atoms with Crippen LogP contribution in [0.15, 0.2) is 42.5 Å². The lowest BCUT2D eigenvalue weighted by atomic mass is 10.1. The smallest absolute Gasteiger partial charge is 0.261 e. The summed E-state index contributed by atoms with van der Waals surface area (Å²) < 4.78 is 10.9. The summed E-state index contributed by atoms with van der Waals surface area (Å²) in [5.74, 6) is 0.888. The van der Waals surface area contributed by atoms with Crippen molar-refractivity contribution in [3.63, 3.8) is 0 Å². The average molecular weight is 461 g/mol. The summed E-state index contributed by atoms with van der Waals surface area (Å²) in [4.78, 5) is 27.7. The van der Waals surface area contributed by atoms with Crippen molar-refractivity contribution in [1.29, 1.82) is 0 Å². The maximum absolute atomic E-state index is 13.2. The average Bonchev–Trinajstić information content (AvgIpc) is 2.80. The number of halogens is 1. The number of ether oxygens (including phenoxy) is 2. The molecule has 2 aromatic rings. The Morgan fingerprint density at radius 3 is 2.38 bits per heavy atom. The van der Waals surface area contributed by atoms with Gasteiger partial charge in [-0.3, -0.25) is 9.59 Å². The molecule has 0 saturated heterocycles. The molecule has 0 heterocycles. The van der Waals surface area contributed by atoms with E-state index in [0.29, 0.717) is 30.3 Å². The van der Waals surface area contributed by atoms with Gasteiger partial charge in [0.15, 0.2) is 6.61 Å². The van der Waals surface area contributed by atoms with Crippen LogP contribution in [0, 0.1) is 6.92 Å². The van der Waals surface area contributed by atoms with Crippen LogP contribution in [0.25, 0.3) is 0 Å². The minimum Gasteiger partial charge on any atom is -0.497 e. The van der Waals surface area contributed by atoms with Crippen LogP contribution >= 0.6 is 11.6 Å². The van der Waals surface area contributed by atoms with Gasteiger partial charge in [-0.1, -0.05) is 44.0 Å². The van der Waals surface area contributed by atoms with Crippen molar-refractivity contribution < 1.29 is 19.1 Å². The lowest BCUT2D eigenvalue weighted by Gasteiger charge is -2.30. The predicted octanol–water partition coefficient (Wildman–Crippen LogP) is 4.76. The molecule has 1 atom stereocenters. The summed E-state index contributed by atoms with van der Waals surface area (Å²) in [5.41, 5.74) is 1.77. The Morgan fingerprint density at radius 1 is 1.09 bits per heavy atom. The molecule has 0 aliphatic heterocycles. The quantitative estimate of drug-likeness (QED) is 0.464. The number of methoxy groups -OCH3 is 1. The van der Waals surface area contributed by atoms with Crippen molar-refractivity contribution in [3.05, 3.63) is 58.6 Å². The molecule has 0 fully saturated rings. The third-order valence-corrected chi connectivity index (χ3v) is 5.64. The van der Waals surface area contributed by atoms with Gasteiger partial charge in [-0.25, -0.2) is 0 Å². The second-order valence-corrected chi connectivity index (χ2v) is 8.05. The Bertz CT molecular complexity index is 886. The first kappa shape index (κ1) is 25.5. The van der Waals surface area contributed by atoms with Crippen molar-refractivity contribution in [2.45, 2.75) is 52.6 Å². The molecule has 0 saturated carbocycles. The van der Waals surface area contributed by atoms with Crippen molar-refractivity contribution in [3.8, 4) is 11.5 Å². The number of hydrogen-bond acceptors (Lipinski definition) is 4. The van der Waals surface area contributed by atoms with Gasteiger partial charge in [-0.15, -0.1) is 0 Å². The van der Waals surface area contributed by atoms with E-state index < -0.39 is 6.04 Å². The first-order chi connectivity index (χ1) is 15.4. The summed E-state index contributed by atoms with van der Waals surface area (Å²) in [6.45, 7) is 6.57. The Kier molecular flexibility index (Phi) is 10.3. The van der Waals surface area contributed by atoms with E-state index in [1.807, 2.05) is 38.1 Å². The minimum absolute atomic E-state index is 0.148. The number of rotatable bonds is 12. The van der Waals surface area contributed by atoms with Gasteiger partial charge in [-0.05, 0) is 61.2 Å². The lowest BCUT2D eigenvalue weighted by molar-refractivity contribution is -0.143. The molecule has 0 aliphatic rings. The number of amides is 2. The van der Waals surface area contributed by atoms with E-state index >= 15 is 0 Å². The predicted molar refractivity (Wildman–Crippen MR) is 127 cm³/mol. The molecule has 0 spiro atoms. The number of nitrogens with one attached hydrogen (secondary N) is 1. The number of carbonyl (C=O) groups excluding carboxylic acids is 2. The minimum atomic E-state index is -0.586. The molecular weight excluding hydrogens is 428 g/mol. The molecular formula is C25H33ClN2O4. The van der Waals surface area contributed by atoms with Gasteiger partial charge >= 0.3 is 0 Å². The third-order valence-electron chi connectivity index (χ3n) is 5.22. The van der Waals surface area contributed by atoms with E-state index in [-0.39, 0.29) is 18.4 Å². The van der Waals surface area contributed by atoms with E-state index in [4.69, 9.17) is 21.1 Å². The summed E-state index contributed by atoms with van der Waals surface area (Å²) in [6, 6.07) is 12.1. The maximum Gasteiger partial charge on any atom is 0.261 e. The highest BCUT2D eigenvalue weighted by atomic mass is 35.5. The van der Waals surface area contributed by atoms with Crippen LogP contribution in [0.5, 0.6) is 11.5 Å². The van der Waals surface area contributed by atoms with Crippen molar-refractivity contribution in [1.82, 2.24) is 10.2 Å². The van der Waals surface area contributed by atoms with Crippen LogP contribution in [-0.4, -0.2) is 43.0 Å². The molecule has 32 heavy (non-hydrogen) atoms. The van der Waals surface area contributed by atoms with Gasteiger partial charge in [-0.2, -0.15) is 0 Å². The molecule has 2 amide bonds. The van der Waals surface area contributed by atoms with Gasteiger partial charge < -0.3 is 19.7 Å². The summed E-state index contributed by atoms with van der Waals surface area (Å²) in [5, 5.41) is 3.59. The Hall–Kier alpha value is -2.73. The van der Waals surface area contributed by atoms with Gasteiger partial charge in [0.25, 0.3) is 5.91 Å². The van der Waals surface area contributed by atoms with Gasteiger partial charge in [0.05, 0.1) is 7.11 Å². The van der Waals surface area contributed by atoms with Crippen LogP contribution < -0.4 is 14.8 Å². The largest absolute Gasteiger partial charge is 0.497 e. The number of benzene rings is 2. The molecule has 174 valence electrons. The molecule has 2 rings (SSSR count). The lowest BCUT2D eigenvalue weighted by Crippen LogP contribution is -2.50. The van der Waals surface area contributed by atoms with Gasteiger partial charge in [0.1, 0.15) is 17.5 Å². The second kappa shape index (κ2) is 13.0. The Morgan fingerprint density at radius 2 is 1.78 bits per heavy atom.